The van der Waals surface area contributed by atoms with Crippen molar-refractivity contribution in [1.29, 1.82) is 0 Å². The third-order valence-electron chi connectivity index (χ3n) is 4.19. The number of benzene rings is 2. The zero-order valence-corrected chi connectivity index (χ0v) is 17.2. The number of halogens is 2. The van der Waals surface area contributed by atoms with Crippen molar-refractivity contribution in [3.8, 4) is 0 Å². The maximum absolute atomic E-state index is 13.0. The Morgan fingerprint density at radius 1 is 1.17 bits per heavy atom. The Morgan fingerprint density at radius 3 is 2.57 bits per heavy atom. The van der Waals surface area contributed by atoms with E-state index in [0.717, 1.165) is 10.9 Å². The molecule has 4 N–H and O–H groups in total. The van der Waals surface area contributed by atoms with E-state index in [4.69, 9.17) is 17.5 Å². The number of aliphatic carboxylic acids is 1. The van der Waals surface area contributed by atoms with Gasteiger partial charge in [-0.3, -0.25) is 14.6 Å². The zero-order valence-electron chi connectivity index (χ0n) is 15.7. The second-order valence-corrected chi connectivity index (χ2v) is 6.43. The molecule has 0 aliphatic carbocycles. The number of aromatic nitrogens is 1. The van der Waals surface area contributed by atoms with E-state index in [1.54, 1.807) is 30.6 Å². The molecule has 8 nitrogen and oxygen atoms in total. The highest BCUT2D eigenvalue weighted by Crippen LogP contribution is 2.24. The second-order valence-electron chi connectivity index (χ2n) is 6.26. The Bertz CT molecular complexity index is 1080. The van der Waals surface area contributed by atoms with Crippen molar-refractivity contribution in [3.63, 3.8) is 0 Å². The van der Waals surface area contributed by atoms with Crippen molar-refractivity contribution in [1.82, 2.24) is 9.88 Å². The number of rotatable bonds is 6. The summed E-state index contributed by atoms with van der Waals surface area (Å²) in [5.74, 6) is -1.46. The molecular formula is C20H19Cl2N5O3. The van der Waals surface area contributed by atoms with Crippen molar-refractivity contribution in [2.45, 2.75) is 6.54 Å². The number of guanidine groups is 1. The highest BCUT2D eigenvalue weighted by atomic mass is 35.5. The fourth-order valence-corrected chi connectivity index (χ4v) is 2.96. The molecule has 0 saturated heterocycles. The first kappa shape index (κ1) is 22.9. The fourth-order valence-electron chi connectivity index (χ4n) is 2.92. The van der Waals surface area contributed by atoms with Gasteiger partial charge in [-0.1, -0.05) is 36.4 Å². The van der Waals surface area contributed by atoms with Crippen LogP contribution in [0.2, 0.25) is 0 Å². The number of pyridine rings is 1. The molecule has 0 radical (unpaired) electrons. The summed E-state index contributed by atoms with van der Waals surface area (Å²) in [5, 5.41) is 13.5. The highest BCUT2D eigenvalue weighted by molar-refractivity contribution is 6.21. The van der Waals surface area contributed by atoms with Crippen LogP contribution in [-0.4, -0.2) is 39.4 Å². The Morgan fingerprint density at radius 2 is 1.90 bits per heavy atom. The fraction of sp³-hybridized carbons (Fsp3) is 0.100. The average Bonchev–Trinajstić information content (AvgIpc) is 2.73. The van der Waals surface area contributed by atoms with Gasteiger partial charge in [0, 0.05) is 40.9 Å². The minimum atomic E-state index is -1.08. The van der Waals surface area contributed by atoms with Crippen molar-refractivity contribution in [2.24, 2.45) is 10.2 Å². The van der Waals surface area contributed by atoms with E-state index < -0.39 is 18.4 Å². The van der Waals surface area contributed by atoms with Crippen LogP contribution in [0.4, 0.5) is 5.69 Å². The minimum Gasteiger partial charge on any atom is -0.480 e. The summed E-state index contributed by atoms with van der Waals surface area (Å²) in [5.41, 5.74) is 7.37. The molecular weight excluding hydrogens is 429 g/mol. The van der Waals surface area contributed by atoms with Gasteiger partial charge in [0.1, 0.15) is 6.54 Å². The lowest BCUT2D eigenvalue weighted by Gasteiger charge is -2.21. The van der Waals surface area contributed by atoms with Gasteiger partial charge < -0.3 is 21.1 Å². The number of carboxylic acids is 1. The number of nitrogens with zero attached hydrogens (tertiary/aromatic N) is 3. The lowest BCUT2D eigenvalue weighted by Crippen LogP contribution is -2.35. The van der Waals surface area contributed by atoms with Gasteiger partial charge in [0.25, 0.3) is 5.91 Å². The van der Waals surface area contributed by atoms with Crippen LogP contribution in [0.3, 0.4) is 0 Å². The molecule has 0 spiro atoms. The predicted molar refractivity (Wildman–Crippen MR) is 119 cm³/mol. The van der Waals surface area contributed by atoms with Crippen LogP contribution in [-0.2, 0) is 11.3 Å². The molecule has 10 heteroatoms. The molecule has 3 rings (SSSR count). The van der Waals surface area contributed by atoms with Gasteiger partial charge >= 0.3 is 5.97 Å². The Labute approximate surface area is 183 Å². The number of hydrogen-bond acceptors (Lipinski definition) is 4. The molecule has 1 heterocycles. The largest absolute Gasteiger partial charge is 0.480 e. The molecule has 156 valence electrons. The van der Waals surface area contributed by atoms with E-state index in [1.165, 1.54) is 4.90 Å². The van der Waals surface area contributed by atoms with Crippen LogP contribution in [0.1, 0.15) is 15.9 Å². The maximum Gasteiger partial charge on any atom is 0.323 e. The van der Waals surface area contributed by atoms with E-state index in [1.807, 2.05) is 30.3 Å². The molecule has 0 unspecified atom stereocenters. The molecule has 0 bridgehead atoms. The first-order chi connectivity index (χ1) is 14.0. The maximum atomic E-state index is 13.0. The number of hydrogen-bond donors (Lipinski definition) is 3. The normalized spacial score (nSPS) is 10.9. The van der Waals surface area contributed by atoms with Crippen LogP contribution in [0, 0.1) is 0 Å². The van der Waals surface area contributed by atoms with Crippen LogP contribution >= 0.6 is 24.2 Å². The smallest absolute Gasteiger partial charge is 0.323 e. The summed E-state index contributed by atoms with van der Waals surface area (Å²) in [6.45, 7) is -0.221. The summed E-state index contributed by atoms with van der Waals surface area (Å²) < 4.78 is 3.34. The Balaban J connectivity index is 0.00000320. The third kappa shape index (κ3) is 5.59. The average molecular weight is 448 g/mol. The van der Waals surface area contributed by atoms with Gasteiger partial charge in [-0.05, 0) is 17.7 Å². The molecule has 3 aromatic rings. The number of carbonyl (C=O) groups excluding carboxylic acids is 1. The van der Waals surface area contributed by atoms with Crippen LogP contribution in [0.15, 0.2) is 65.4 Å². The number of carbonyl (C=O) groups is 2. The lowest BCUT2D eigenvalue weighted by molar-refractivity contribution is -0.137. The zero-order chi connectivity index (χ0) is 20.8. The number of nitrogens with one attached hydrogen (secondary N) is 1. The van der Waals surface area contributed by atoms with Gasteiger partial charge in [0.2, 0.25) is 5.96 Å². The van der Waals surface area contributed by atoms with Gasteiger partial charge in [-0.15, -0.1) is 16.9 Å². The van der Waals surface area contributed by atoms with E-state index in [-0.39, 0.29) is 24.9 Å². The first-order valence-corrected chi connectivity index (χ1v) is 8.96. The van der Waals surface area contributed by atoms with Crippen LogP contribution < -0.4 is 11.1 Å². The van der Waals surface area contributed by atoms with Crippen molar-refractivity contribution < 1.29 is 14.7 Å². The van der Waals surface area contributed by atoms with E-state index in [2.05, 4.69) is 14.8 Å². The molecule has 0 fully saturated rings. The van der Waals surface area contributed by atoms with Gasteiger partial charge in [-0.25, -0.2) is 0 Å². The summed E-state index contributed by atoms with van der Waals surface area (Å²) in [4.78, 5) is 29.7. The van der Waals surface area contributed by atoms with Crippen molar-refractivity contribution in [2.75, 3.05) is 11.9 Å². The second kappa shape index (κ2) is 10.4. The third-order valence-corrected chi connectivity index (χ3v) is 4.37. The van der Waals surface area contributed by atoms with Gasteiger partial charge in [0.05, 0.1) is 11.9 Å². The Hall–Kier alpha value is -3.36. The summed E-state index contributed by atoms with van der Waals surface area (Å²) in [6.07, 6.45) is 3.16. The molecule has 0 aliphatic heterocycles. The van der Waals surface area contributed by atoms with Crippen LogP contribution in [0.5, 0.6) is 0 Å². The highest BCUT2D eigenvalue weighted by Gasteiger charge is 2.19. The number of nitrogens with two attached hydrogens (primary N) is 1. The Kier molecular flexibility index (Phi) is 7.97. The predicted octanol–water partition coefficient (Wildman–Crippen LogP) is 3.26. The standard InChI is InChI=1S/C20H18ClN5O3.ClH/c21-25-20(22)24-17-10-23-9-15-8-14(6-7-16(15)17)19(29)26(12-18(27)28)11-13-4-2-1-3-5-13;/h1-10H,11-12H2,(H,27,28)(H3,22,24,25);1H. The molecule has 1 aromatic heterocycles. The minimum absolute atomic E-state index is 0. The van der Waals surface area contributed by atoms with Crippen molar-refractivity contribution in [3.05, 3.63) is 72.1 Å². The lowest BCUT2D eigenvalue weighted by atomic mass is 10.1. The molecule has 2 aromatic carbocycles. The SMILES string of the molecule is Cl.NC(=NCl)Nc1cncc2cc(C(=O)N(CC(=O)O)Cc3ccccc3)ccc12. The van der Waals surface area contributed by atoms with E-state index in [9.17, 15) is 14.7 Å². The van der Waals surface area contributed by atoms with Gasteiger partial charge in [-0.2, -0.15) is 0 Å². The molecule has 0 saturated carbocycles. The summed E-state index contributed by atoms with van der Waals surface area (Å²) >= 11 is 5.34. The van der Waals surface area contributed by atoms with Gasteiger partial charge in [0.15, 0.2) is 0 Å². The number of carboxylic acid groups (broad SMARTS) is 1. The number of fused-ring (bicyclic) bond motifs is 1. The number of anilines is 1. The molecule has 0 aliphatic rings. The topological polar surface area (TPSA) is 121 Å². The van der Waals surface area contributed by atoms with E-state index >= 15 is 0 Å². The van der Waals surface area contributed by atoms with Crippen LogP contribution in [0.25, 0.3) is 10.8 Å². The number of amides is 1. The monoisotopic (exact) mass is 447 g/mol. The summed E-state index contributed by atoms with van der Waals surface area (Å²) in [6, 6.07) is 14.2. The van der Waals surface area contributed by atoms with Crippen molar-refractivity contribution >= 4 is 58.5 Å². The molecule has 30 heavy (non-hydrogen) atoms. The summed E-state index contributed by atoms with van der Waals surface area (Å²) in [7, 11) is 0. The quantitative estimate of drug-likeness (QED) is 0.393. The van der Waals surface area contributed by atoms with E-state index in [0.29, 0.717) is 16.6 Å². The first-order valence-electron chi connectivity index (χ1n) is 8.62. The molecule has 0 atom stereocenters. The molecule has 1 amide bonds.